The van der Waals surface area contributed by atoms with E-state index in [0.29, 0.717) is 19.1 Å². The Hall–Kier alpha value is -1.22. The first kappa shape index (κ1) is 16.3. The van der Waals surface area contributed by atoms with Crippen LogP contribution < -0.4 is 4.90 Å². The van der Waals surface area contributed by atoms with Crippen molar-refractivity contribution in [3.05, 3.63) is 18.3 Å². The Kier molecular flexibility index (Phi) is 4.24. The molecule has 0 saturated carbocycles. The van der Waals surface area contributed by atoms with Gasteiger partial charge >= 0.3 is 0 Å². The van der Waals surface area contributed by atoms with E-state index >= 15 is 0 Å². The number of sulfonamides is 1. The molecule has 0 amide bonds. The van der Waals surface area contributed by atoms with E-state index in [1.165, 1.54) is 6.20 Å². The van der Waals surface area contributed by atoms with Crippen molar-refractivity contribution >= 4 is 15.8 Å². The van der Waals surface area contributed by atoms with Crippen LogP contribution in [-0.2, 0) is 14.8 Å². The van der Waals surface area contributed by atoms with Crippen LogP contribution in [0.1, 0.15) is 12.8 Å². The molecule has 7 nitrogen and oxygen atoms in total. The van der Waals surface area contributed by atoms with E-state index in [-0.39, 0.29) is 11.0 Å². The Balaban J connectivity index is 1.50. The van der Waals surface area contributed by atoms with Crippen LogP contribution in [0.25, 0.3) is 0 Å². The van der Waals surface area contributed by atoms with Crippen LogP contribution in [0.4, 0.5) is 5.82 Å². The molecule has 4 heterocycles. The Morgan fingerprint density at radius 1 is 1.17 bits per heavy atom. The van der Waals surface area contributed by atoms with E-state index in [2.05, 4.69) is 21.8 Å². The molecule has 0 aliphatic carbocycles. The zero-order chi connectivity index (χ0) is 16.7. The summed E-state index contributed by atoms with van der Waals surface area (Å²) in [5.74, 6) is 0.821. The average molecular weight is 352 g/mol. The van der Waals surface area contributed by atoms with Gasteiger partial charge in [-0.3, -0.25) is 4.90 Å². The van der Waals surface area contributed by atoms with Crippen molar-refractivity contribution in [2.75, 3.05) is 51.3 Å². The predicted molar refractivity (Wildman–Crippen MR) is 90.6 cm³/mol. The third-order valence-electron chi connectivity index (χ3n) is 5.33. The number of aromatic nitrogens is 1. The van der Waals surface area contributed by atoms with Crippen LogP contribution in [0.15, 0.2) is 23.2 Å². The summed E-state index contributed by atoms with van der Waals surface area (Å²) in [7, 11) is -1.26. The number of likely N-dealkylation sites (N-methyl/N-ethyl adjacent to an activating group) is 1. The van der Waals surface area contributed by atoms with Crippen LogP contribution in [0.2, 0.25) is 0 Å². The maximum atomic E-state index is 12.6. The molecule has 3 aliphatic rings. The standard InChI is InChI=1S/C16H24N4O3S/c1-18-8-9-23-15-12-19(11-14(15)18)16-5-4-13(10-17-16)24(21,22)20-6-2-3-7-20/h4-5,10,14-15H,2-3,6-9,11-12H2,1H3. The van der Waals surface area contributed by atoms with E-state index in [1.54, 1.807) is 10.4 Å². The van der Waals surface area contributed by atoms with Gasteiger partial charge in [0.15, 0.2) is 0 Å². The van der Waals surface area contributed by atoms with Gasteiger partial charge in [-0.15, -0.1) is 0 Å². The molecule has 3 fully saturated rings. The Bertz CT molecular complexity index is 688. The lowest BCUT2D eigenvalue weighted by Gasteiger charge is -2.33. The molecule has 4 rings (SSSR count). The second-order valence-electron chi connectivity index (χ2n) is 6.83. The number of hydrogen-bond donors (Lipinski definition) is 0. The van der Waals surface area contributed by atoms with Gasteiger partial charge in [-0.2, -0.15) is 4.31 Å². The lowest BCUT2D eigenvalue weighted by atomic mass is 10.1. The average Bonchev–Trinajstić information content (AvgIpc) is 3.25. The van der Waals surface area contributed by atoms with Crippen LogP contribution in [0, 0.1) is 0 Å². The van der Waals surface area contributed by atoms with Crippen molar-refractivity contribution in [2.24, 2.45) is 0 Å². The molecule has 132 valence electrons. The predicted octanol–water partition coefficient (Wildman–Crippen LogP) is 0.385. The summed E-state index contributed by atoms with van der Waals surface area (Å²) < 4.78 is 32.5. The Morgan fingerprint density at radius 2 is 1.96 bits per heavy atom. The summed E-state index contributed by atoms with van der Waals surface area (Å²) in [4.78, 5) is 9.23. The van der Waals surface area contributed by atoms with Gasteiger partial charge < -0.3 is 9.64 Å². The van der Waals surface area contributed by atoms with E-state index in [4.69, 9.17) is 4.74 Å². The number of anilines is 1. The highest BCUT2D eigenvalue weighted by Gasteiger charge is 2.39. The van der Waals surface area contributed by atoms with Gasteiger partial charge in [0.25, 0.3) is 0 Å². The van der Waals surface area contributed by atoms with Crippen molar-refractivity contribution in [3.63, 3.8) is 0 Å². The van der Waals surface area contributed by atoms with Crippen LogP contribution >= 0.6 is 0 Å². The van der Waals surface area contributed by atoms with Crippen molar-refractivity contribution in [3.8, 4) is 0 Å². The third kappa shape index (κ3) is 2.81. The monoisotopic (exact) mass is 352 g/mol. The summed E-state index contributed by atoms with van der Waals surface area (Å²) in [6, 6.07) is 3.89. The minimum absolute atomic E-state index is 0.207. The Labute approximate surface area is 143 Å². The summed E-state index contributed by atoms with van der Waals surface area (Å²) in [6.07, 6.45) is 3.58. The number of rotatable bonds is 3. The fourth-order valence-electron chi connectivity index (χ4n) is 3.83. The van der Waals surface area contributed by atoms with Gasteiger partial charge in [0, 0.05) is 38.9 Å². The molecule has 3 aliphatic heterocycles. The molecule has 0 radical (unpaired) electrons. The van der Waals surface area contributed by atoms with Crippen molar-refractivity contribution in [1.82, 2.24) is 14.2 Å². The highest BCUT2D eigenvalue weighted by Crippen LogP contribution is 2.27. The summed E-state index contributed by atoms with van der Waals surface area (Å²) in [6.45, 7) is 4.63. The van der Waals surface area contributed by atoms with Crippen molar-refractivity contribution in [1.29, 1.82) is 0 Å². The van der Waals surface area contributed by atoms with Gasteiger partial charge in [-0.05, 0) is 32.0 Å². The van der Waals surface area contributed by atoms with E-state index in [1.807, 2.05) is 6.07 Å². The SMILES string of the molecule is CN1CCOC2CN(c3ccc(S(=O)(=O)N4CCCC4)cn3)CC21. The zero-order valence-electron chi connectivity index (χ0n) is 14.0. The minimum Gasteiger partial charge on any atom is -0.373 e. The van der Waals surface area contributed by atoms with Gasteiger partial charge in [0.05, 0.1) is 18.8 Å². The topological polar surface area (TPSA) is 66.0 Å². The molecule has 2 unspecified atom stereocenters. The molecule has 3 saturated heterocycles. The first-order chi connectivity index (χ1) is 11.6. The molecule has 0 N–H and O–H groups in total. The number of morpholine rings is 1. The first-order valence-corrected chi connectivity index (χ1v) is 10.0. The number of fused-ring (bicyclic) bond motifs is 1. The first-order valence-electron chi connectivity index (χ1n) is 8.59. The van der Waals surface area contributed by atoms with Crippen molar-refractivity contribution in [2.45, 2.75) is 29.9 Å². The summed E-state index contributed by atoms with van der Waals surface area (Å²) in [5.41, 5.74) is 0. The smallest absolute Gasteiger partial charge is 0.244 e. The number of pyridine rings is 1. The molecule has 1 aromatic heterocycles. The van der Waals surface area contributed by atoms with Crippen molar-refractivity contribution < 1.29 is 13.2 Å². The molecule has 0 aromatic carbocycles. The second-order valence-corrected chi connectivity index (χ2v) is 8.76. The normalized spacial score (nSPS) is 29.1. The second kappa shape index (κ2) is 6.25. The van der Waals surface area contributed by atoms with Gasteiger partial charge in [0.2, 0.25) is 10.0 Å². The molecule has 8 heteroatoms. The molecular formula is C16H24N4O3S. The molecule has 0 bridgehead atoms. The number of hydrogen-bond acceptors (Lipinski definition) is 6. The summed E-state index contributed by atoms with van der Waals surface area (Å²) in [5, 5.41) is 0. The maximum absolute atomic E-state index is 12.6. The van der Waals surface area contributed by atoms with E-state index in [0.717, 1.165) is 44.9 Å². The lowest BCUT2D eigenvalue weighted by Crippen LogP contribution is -2.48. The van der Waals surface area contributed by atoms with Gasteiger partial charge in [0.1, 0.15) is 10.7 Å². The molecule has 2 atom stereocenters. The van der Waals surface area contributed by atoms with Gasteiger partial charge in [-0.1, -0.05) is 0 Å². The Morgan fingerprint density at radius 3 is 2.62 bits per heavy atom. The molecule has 0 spiro atoms. The molecule has 1 aromatic rings. The highest BCUT2D eigenvalue weighted by atomic mass is 32.2. The fraction of sp³-hybridized carbons (Fsp3) is 0.688. The minimum atomic E-state index is -3.39. The van der Waals surface area contributed by atoms with E-state index in [9.17, 15) is 8.42 Å². The third-order valence-corrected chi connectivity index (χ3v) is 7.21. The van der Waals surface area contributed by atoms with E-state index < -0.39 is 10.0 Å². The zero-order valence-corrected chi connectivity index (χ0v) is 14.8. The van der Waals surface area contributed by atoms with Crippen LogP contribution in [-0.4, -0.2) is 81.1 Å². The maximum Gasteiger partial charge on any atom is 0.244 e. The fourth-order valence-corrected chi connectivity index (χ4v) is 5.30. The lowest BCUT2D eigenvalue weighted by molar-refractivity contribution is -0.0362. The summed E-state index contributed by atoms with van der Waals surface area (Å²) >= 11 is 0. The highest BCUT2D eigenvalue weighted by molar-refractivity contribution is 7.89. The number of ether oxygens (including phenoxy) is 1. The largest absolute Gasteiger partial charge is 0.373 e. The molecular weight excluding hydrogens is 328 g/mol. The molecule has 24 heavy (non-hydrogen) atoms. The quantitative estimate of drug-likeness (QED) is 0.784. The van der Waals surface area contributed by atoms with Crippen LogP contribution in [0.3, 0.4) is 0 Å². The van der Waals surface area contributed by atoms with Gasteiger partial charge in [-0.25, -0.2) is 13.4 Å². The van der Waals surface area contributed by atoms with Crippen LogP contribution in [0.5, 0.6) is 0 Å². The number of nitrogens with zero attached hydrogens (tertiary/aromatic N) is 4.